The molecule has 0 aromatic rings. The monoisotopic (exact) mass is 244 g/mol. The molecule has 0 radical (unpaired) electrons. The zero-order valence-corrected chi connectivity index (χ0v) is 11.2. The highest BCUT2D eigenvalue weighted by atomic mass is 16.5. The summed E-state index contributed by atoms with van der Waals surface area (Å²) < 4.78 is 9.97. The van der Waals surface area contributed by atoms with Crippen LogP contribution in [0.2, 0.25) is 0 Å². The topological polar surface area (TPSA) is 52.6 Å². The predicted octanol–water partition coefficient (Wildman–Crippen LogP) is 2.35. The summed E-state index contributed by atoms with van der Waals surface area (Å²) in [5, 5.41) is 0. The molecular weight excluding hydrogens is 220 g/mol. The second-order valence-electron chi connectivity index (χ2n) is 4.43. The van der Waals surface area contributed by atoms with Crippen molar-refractivity contribution in [3.63, 3.8) is 0 Å². The van der Waals surface area contributed by atoms with Gasteiger partial charge < -0.3 is 9.47 Å². The maximum absolute atomic E-state index is 11.3. The molecule has 17 heavy (non-hydrogen) atoms. The minimum absolute atomic E-state index is 0.0393. The standard InChI is InChI=1S/C13H24O4/c1-4-17-13(15)8-7-12(14)10-16-9-5-6-11(2)3/h11H,4-10H2,1-3H3. The molecule has 0 fully saturated rings. The van der Waals surface area contributed by atoms with Crippen LogP contribution in [0.1, 0.15) is 46.5 Å². The fourth-order valence-electron chi connectivity index (χ4n) is 1.33. The minimum Gasteiger partial charge on any atom is -0.466 e. The van der Waals surface area contributed by atoms with E-state index in [1.54, 1.807) is 6.92 Å². The summed E-state index contributed by atoms with van der Waals surface area (Å²) in [6.07, 6.45) is 2.45. The smallest absolute Gasteiger partial charge is 0.306 e. The van der Waals surface area contributed by atoms with Gasteiger partial charge in [-0.3, -0.25) is 9.59 Å². The fourth-order valence-corrected chi connectivity index (χ4v) is 1.33. The first-order valence-electron chi connectivity index (χ1n) is 6.31. The number of rotatable bonds is 10. The molecule has 0 aliphatic rings. The van der Waals surface area contributed by atoms with Crippen LogP contribution in [0.25, 0.3) is 0 Å². The first kappa shape index (κ1) is 16.1. The van der Waals surface area contributed by atoms with Crippen molar-refractivity contribution < 1.29 is 19.1 Å². The number of Topliss-reactive ketones (excluding diaryl/α,β-unsaturated/α-hetero) is 1. The number of carbonyl (C=O) groups is 2. The van der Waals surface area contributed by atoms with E-state index in [2.05, 4.69) is 13.8 Å². The summed E-state index contributed by atoms with van der Waals surface area (Å²) in [4.78, 5) is 22.3. The van der Waals surface area contributed by atoms with Crippen LogP contribution < -0.4 is 0 Å². The van der Waals surface area contributed by atoms with Crippen molar-refractivity contribution in [2.24, 2.45) is 5.92 Å². The van der Waals surface area contributed by atoms with Crippen molar-refractivity contribution in [1.82, 2.24) is 0 Å². The molecule has 0 unspecified atom stereocenters. The van der Waals surface area contributed by atoms with Gasteiger partial charge in [0.25, 0.3) is 0 Å². The predicted molar refractivity (Wildman–Crippen MR) is 65.8 cm³/mol. The van der Waals surface area contributed by atoms with Crippen molar-refractivity contribution in [1.29, 1.82) is 0 Å². The number of carbonyl (C=O) groups excluding carboxylic acids is 2. The van der Waals surface area contributed by atoms with Crippen molar-refractivity contribution in [3.8, 4) is 0 Å². The highest BCUT2D eigenvalue weighted by Gasteiger charge is 2.07. The van der Waals surface area contributed by atoms with Crippen LogP contribution in [-0.2, 0) is 19.1 Å². The average molecular weight is 244 g/mol. The molecule has 0 rings (SSSR count). The lowest BCUT2D eigenvalue weighted by Gasteiger charge is -2.05. The minimum atomic E-state index is -0.319. The molecule has 0 aromatic carbocycles. The lowest BCUT2D eigenvalue weighted by Crippen LogP contribution is -2.13. The van der Waals surface area contributed by atoms with Crippen LogP contribution in [-0.4, -0.2) is 31.6 Å². The van der Waals surface area contributed by atoms with Crippen molar-refractivity contribution >= 4 is 11.8 Å². The van der Waals surface area contributed by atoms with Crippen LogP contribution in [0.15, 0.2) is 0 Å². The molecule has 0 bridgehead atoms. The van der Waals surface area contributed by atoms with E-state index >= 15 is 0 Å². The number of ether oxygens (including phenoxy) is 2. The molecule has 4 nitrogen and oxygen atoms in total. The van der Waals surface area contributed by atoms with Gasteiger partial charge in [0.1, 0.15) is 6.61 Å². The average Bonchev–Trinajstić information content (AvgIpc) is 2.26. The molecule has 0 atom stereocenters. The van der Waals surface area contributed by atoms with Gasteiger partial charge >= 0.3 is 5.97 Å². The first-order chi connectivity index (χ1) is 8.06. The highest BCUT2D eigenvalue weighted by Crippen LogP contribution is 2.03. The molecule has 0 aliphatic heterocycles. The Bertz CT molecular complexity index is 223. The van der Waals surface area contributed by atoms with E-state index in [1.807, 2.05) is 0 Å². The van der Waals surface area contributed by atoms with Gasteiger partial charge in [-0.2, -0.15) is 0 Å². The van der Waals surface area contributed by atoms with Gasteiger partial charge in [-0.25, -0.2) is 0 Å². The maximum Gasteiger partial charge on any atom is 0.306 e. The van der Waals surface area contributed by atoms with Crippen LogP contribution in [0.5, 0.6) is 0 Å². The van der Waals surface area contributed by atoms with Gasteiger partial charge in [-0.1, -0.05) is 13.8 Å². The number of hydrogen-bond acceptors (Lipinski definition) is 4. The Balaban J connectivity index is 3.38. The molecular formula is C13H24O4. The van der Waals surface area contributed by atoms with Gasteiger partial charge in [0.05, 0.1) is 13.0 Å². The van der Waals surface area contributed by atoms with Crippen LogP contribution in [0.3, 0.4) is 0 Å². The van der Waals surface area contributed by atoms with Gasteiger partial charge in [0, 0.05) is 13.0 Å². The summed E-state index contributed by atoms with van der Waals surface area (Å²) in [6.45, 7) is 7.14. The molecule has 4 heteroatoms. The lowest BCUT2D eigenvalue weighted by molar-refractivity contribution is -0.144. The van der Waals surface area contributed by atoms with E-state index in [0.29, 0.717) is 19.1 Å². The molecule has 0 heterocycles. The Hall–Kier alpha value is -0.900. The zero-order valence-electron chi connectivity index (χ0n) is 11.2. The van der Waals surface area contributed by atoms with E-state index in [-0.39, 0.29) is 31.2 Å². The van der Waals surface area contributed by atoms with E-state index in [4.69, 9.17) is 9.47 Å². The summed E-state index contributed by atoms with van der Waals surface area (Å²) in [5.74, 6) is 0.307. The molecule has 0 saturated heterocycles. The third kappa shape index (κ3) is 11.4. The van der Waals surface area contributed by atoms with Crippen LogP contribution in [0.4, 0.5) is 0 Å². The molecule has 100 valence electrons. The van der Waals surface area contributed by atoms with Crippen molar-refractivity contribution in [2.75, 3.05) is 19.8 Å². The van der Waals surface area contributed by atoms with Crippen molar-refractivity contribution in [3.05, 3.63) is 0 Å². The normalized spacial score (nSPS) is 10.6. The first-order valence-corrected chi connectivity index (χ1v) is 6.31. The molecule has 0 spiro atoms. The SMILES string of the molecule is CCOC(=O)CCC(=O)COCCCC(C)C. The molecule has 0 aromatic heterocycles. The molecule has 0 N–H and O–H groups in total. The summed E-state index contributed by atoms with van der Waals surface area (Å²) in [7, 11) is 0. The van der Waals surface area contributed by atoms with Crippen LogP contribution >= 0.6 is 0 Å². The molecule has 0 saturated carbocycles. The summed E-state index contributed by atoms with van der Waals surface area (Å²) in [6, 6.07) is 0. The number of esters is 1. The van der Waals surface area contributed by atoms with Gasteiger partial charge in [-0.15, -0.1) is 0 Å². The Morgan fingerprint density at radius 2 is 1.88 bits per heavy atom. The van der Waals surface area contributed by atoms with E-state index in [1.165, 1.54) is 0 Å². The number of hydrogen-bond donors (Lipinski definition) is 0. The van der Waals surface area contributed by atoms with E-state index in [0.717, 1.165) is 12.8 Å². The fraction of sp³-hybridized carbons (Fsp3) is 0.846. The quantitative estimate of drug-likeness (QED) is 0.437. The Labute approximate surface area is 104 Å². The lowest BCUT2D eigenvalue weighted by atomic mass is 10.1. The van der Waals surface area contributed by atoms with Gasteiger partial charge in [-0.05, 0) is 25.7 Å². The zero-order chi connectivity index (χ0) is 13.1. The largest absolute Gasteiger partial charge is 0.466 e. The molecule has 0 aliphatic carbocycles. The molecule has 0 amide bonds. The Morgan fingerprint density at radius 3 is 2.47 bits per heavy atom. The van der Waals surface area contributed by atoms with E-state index < -0.39 is 0 Å². The highest BCUT2D eigenvalue weighted by molar-refractivity contribution is 5.83. The number of ketones is 1. The summed E-state index contributed by atoms with van der Waals surface area (Å²) >= 11 is 0. The third-order valence-electron chi connectivity index (χ3n) is 2.25. The second kappa shape index (κ2) is 10.3. The van der Waals surface area contributed by atoms with Gasteiger partial charge in [0.2, 0.25) is 0 Å². The third-order valence-corrected chi connectivity index (χ3v) is 2.25. The second-order valence-corrected chi connectivity index (χ2v) is 4.43. The van der Waals surface area contributed by atoms with Crippen LogP contribution in [0, 0.1) is 5.92 Å². The summed E-state index contributed by atoms with van der Waals surface area (Å²) in [5.41, 5.74) is 0. The maximum atomic E-state index is 11.3. The van der Waals surface area contributed by atoms with Crippen molar-refractivity contribution in [2.45, 2.75) is 46.5 Å². The Morgan fingerprint density at radius 1 is 1.18 bits per heavy atom. The Kier molecular flexibility index (Phi) is 9.72. The van der Waals surface area contributed by atoms with E-state index in [9.17, 15) is 9.59 Å². The van der Waals surface area contributed by atoms with Gasteiger partial charge in [0.15, 0.2) is 5.78 Å².